The Bertz CT molecular complexity index is 338. The number of aliphatic carboxylic acids is 1. The summed E-state index contributed by atoms with van der Waals surface area (Å²) >= 11 is 0. The second kappa shape index (κ2) is 7.04. The predicted octanol–water partition coefficient (Wildman–Crippen LogP) is 1.04. The maximum Gasteiger partial charge on any atom is 0.323 e. The van der Waals surface area contributed by atoms with Gasteiger partial charge >= 0.3 is 5.97 Å². The first kappa shape index (κ1) is 13.7. The summed E-state index contributed by atoms with van der Waals surface area (Å²) in [6.45, 7) is 2.06. The molecule has 0 spiro atoms. The van der Waals surface area contributed by atoms with Gasteiger partial charge in [-0.1, -0.05) is 30.3 Å². The smallest absolute Gasteiger partial charge is 0.323 e. The minimum absolute atomic E-state index is 0.580. The van der Waals surface area contributed by atoms with E-state index in [1.807, 2.05) is 30.3 Å². The van der Waals surface area contributed by atoms with Gasteiger partial charge < -0.3 is 15.5 Å². The summed E-state index contributed by atoms with van der Waals surface area (Å²) in [6, 6.07) is 9.14. The van der Waals surface area contributed by atoms with E-state index in [9.17, 15) is 9.90 Å². The van der Waals surface area contributed by atoms with Crippen LogP contribution in [0, 0.1) is 0 Å². The summed E-state index contributed by atoms with van der Waals surface area (Å²) in [4.78, 5) is 10.8. The quantitative estimate of drug-likeness (QED) is 0.620. The summed E-state index contributed by atoms with van der Waals surface area (Å²) in [5.41, 5.74) is 1.23. The summed E-state index contributed by atoms with van der Waals surface area (Å²) < 4.78 is 0. The normalized spacial score (nSPS) is 14.2. The number of hydrogen-bond donors (Lipinski definition) is 3. The van der Waals surface area contributed by atoms with Crippen molar-refractivity contribution in [3.63, 3.8) is 0 Å². The van der Waals surface area contributed by atoms with Gasteiger partial charge in [0.2, 0.25) is 0 Å². The molecule has 0 unspecified atom stereocenters. The standard InChI is InChI=1S/C13H19NO3/c1-10(15)12(13(16)17)14-9-5-8-11-6-3-2-4-7-11/h2-4,6-7,10,12,14-15H,5,8-9H2,1H3,(H,16,17)/t10-,12+/m1/s1. The number of hydrogen-bond acceptors (Lipinski definition) is 3. The van der Waals surface area contributed by atoms with Gasteiger partial charge in [-0.3, -0.25) is 4.79 Å². The number of rotatable bonds is 7. The van der Waals surface area contributed by atoms with Crippen molar-refractivity contribution in [2.45, 2.75) is 31.9 Å². The van der Waals surface area contributed by atoms with Crippen molar-refractivity contribution in [2.75, 3.05) is 6.54 Å². The minimum Gasteiger partial charge on any atom is -0.480 e. The highest BCUT2D eigenvalue weighted by Crippen LogP contribution is 2.02. The Labute approximate surface area is 101 Å². The molecule has 3 N–H and O–H groups in total. The lowest BCUT2D eigenvalue weighted by Crippen LogP contribution is -2.45. The maximum absolute atomic E-state index is 10.8. The molecule has 0 amide bonds. The van der Waals surface area contributed by atoms with Crippen LogP contribution in [-0.4, -0.2) is 34.9 Å². The second-order valence-electron chi connectivity index (χ2n) is 4.10. The number of aliphatic hydroxyl groups excluding tert-OH is 1. The highest BCUT2D eigenvalue weighted by Gasteiger charge is 2.21. The number of aryl methyl sites for hydroxylation is 1. The second-order valence-corrected chi connectivity index (χ2v) is 4.10. The molecule has 0 saturated carbocycles. The average Bonchev–Trinajstić information content (AvgIpc) is 2.29. The molecule has 0 aliphatic carbocycles. The molecule has 4 heteroatoms. The largest absolute Gasteiger partial charge is 0.480 e. The van der Waals surface area contributed by atoms with Gasteiger partial charge in [-0.05, 0) is 31.9 Å². The number of benzene rings is 1. The van der Waals surface area contributed by atoms with Crippen LogP contribution in [0.2, 0.25) is 0 Å². The Kier molecular flexibility index (Phi) is 5.66. The third kappa shape index (κ3) is 4.97. The molecule has 4 nitrogen and oxygen atoms in total. The molecule has 0 bridgehead atoms. The number of aliphatic hydroxyl groups is 1. The van der Waals surface area contributed by atoms with E-state index in [2.05, 4.69) is 5.32 Å². The molecule has 0 saturated heterocycles. The van der Waals surface area contributed by atoms with E-state index >= 15 is 0 Å². The van der Waals surface area contributed by atoms with E-state index < -0.39 is 18.1 Å². The topological polar surface area (TPSA) is 69.6 Å². The average molecular weight is 237 g/mol. The van der Waals surface area contributed by atoms with Crippen molar-refractivity contribution in [1.29, 1.82) is 0 Å². The van der Waals surface area contributed by atoms with Crippen LogP contribution in [0.4, 0.5) is 0 Å². The van der Waals surface area contributed by atoms with Crippen LogP contribution in [0.15, 0.2) is 30.3 Å². The molecule has 0 aromatic heterocycles. The SMILES string of the molecule is C[C@@H](O)[C@H](NCCCc1ccccc1)C(=O)O. The number of nitrogens with one attached hydrogen (secondary N) is 1. The number of carboxylic acids is 1. The van der Waals surface area contributed by atoms with Crippen LogP contribution in [0.25, 0.3) is 0 Å². The highest BCUT2D eigenvalue weighted by molar-refractivity contribution is 5.74. The van der Waals surface area contributed by atoms with Crippen molar-refractivity contribution in [3.05, 3.63) is 35.9 Å². The van der Waals surface area contributed by atoms with Crippen LogP contribution in [0.1, 0.15) is 18.9 Å². The molecule has 1 aromatic carbocycles. The molecule has 0 aliphatic heterocycles. The van der Waals surface area contributed by atoms with Gasteiger partial charge in [-0.25, -0.2) is 0 Å². The van der Waals surface area contributed by atoms with Crippen LogP contribution in [-0.2, 0) is 11.2 Å². The molecule has 0 aliphatic rings. The molecule has 0 fully saturated rings. The molecule has 0 radical (unpaired) electrons. The first-order valence-corrected chi connectivity index (χ1v) is 5.79. The van der Waals surface area contributed by atoms with Gasteiger partial charge in [-0.15, -0.1) is 0 Å². The zero-order valence-electron chi connectivity index (χ0n) is 9.97. The van der Waals surface area contributed by atoms with E-state index in [-0.39, 0.29) is 0 Å². The van der Waals surface area contributed by atoms with Gasteiger partial charge in [0.1, 0.15) is 6.04 Å². The number of carboxylic acid groups (broad SMARTS) is 1. The molecule has 0 heterocycles. The first-order valence-electron chi connectivity index (χ1n) is 5.79. The lowest BCUT2D eigenvalue weighted by Gasteiger charge is -2.16. The minimum atomic E-state index is -1.01. The van der Waals surface area contributed by atoms with Crippen LogP contribution >= 0.6 is 0 Å². The summed E-state index contributed by atoms with van der Waals surface area (Å²) in [5, 5.41) is 20.9. The van der Waals surface area contributed by atoms with Crippen molar-refractivity contribution in [3.8, 4) is 0 Å². The fraction of sp³-hybridized carbons (Fsp3) is 0.462. The van der Waals surface area contributed by atoms with Gasteiger partial charge in [0.05, 0.1) is 6.10 Å². The lowest BCUT2D eigenvalue weighted by molar-refractivity contribution is -0.142. The van der Waals surface area contributed by atoms with E-state index in [0.29, 0.717) is 6.54 Å². The van der Waals surface area contributed by atoms with Crippen LogP contribution < -0.4 is 5.32 Å². The Morgan fingerprint density at radius 2 is 2.00 bits per heavy atom. The van der Waals surface area contributed by atoms with E-state index in [0.717, 1.165) is 12.8 Å². The summed E-state index contributed by atoms with van der Waals surface area (Å²) in [7, 11) is 0. The third-order valence-electron chi connectivity index (χ3n) is 2.60. The Hall–Kier alpha value is -1.39. The zero-order valence-corrected chi connectivity index (χ0v) is 9.97. The van der Waals surface area contributed by atoms with Crippen molar-refractivity contribution >= 4 is 5.97 Å². The van der Waals surface area contributed by atoms with E-state index in [1.165, 1.54) is 12.5 Å². The molecule has 94 valence electrons. The summed E-state index contributed by atoms with van der Waals surface area (Å²) in [6.07, 6.45) is 0.866. The number of carbonyl (C=O) groups is 1. The van der Waals surface area contributed by atoms with Crippen molar-refractivity contribution in [2.24, 2.45) is 0 Å². The Balaban J connectivity index is 2.26. The van der Waals surface area contributed by atoms with Gasteiger partial charge in [-0.2, -0.15) is 0 Å². The molecular formula is C13H19NO3. The third-order valence-corrected chi connectivity index (χ3v) is 2.60. The van der Waals surface area contributed by atoms with E-state index in [4.69, 9.17) is 5.11 Å². The van der Waals surface area contributed by atoms with E-state index in [1.54, 1.807) is 0 Å². The highest BCUT2D eigenvalue weighted by atomic mass is 16.4. The predicted molar refractivity (Wildman–Crippen MR) is 65.9 cm³/mol. The van der Waals surface area contributed by atoms with Gasteiger partial charge in [0, 0.05) is 0 Å². The zero-order chi connectivity index (χ0) is 12.7. The van der Waals surface area contributed by atoms with Crippen molar-refractivity contribution < 1.29 is 15.0 Å². The van der Waals surface area contributed by atoms with Crippen LogP contribution in [0.5, 0.6) is 0 Å². The van der Waals surface area contributed by atoms with Gasteiger partial charge in [0.15, 0.2) is 0 Å². The van der Waals surface area contributed by atoms with Crippen LogP contribution in [0.3, 0.4) is 0 Å². The lowest BCUT2D eigenvalue weighted by atomic mass is 10.1. The fourth-order valence-corrected chi connectivity index (χ4v) is 1.66. The Morgan fingerprint density at radius 3 is 2.53 bits per heavy atom. The molecule has 2 atom stereocenters. The summed E-state index contributed by atoms with van der Waals surface area (Å²) in [5.74, 6) is -1.01. The monoisotopic (exact) mass is 237 g/mol. The molecule has 17 heavy (non-hydrogen) atoms. The fourth-order valence-electron chi connectivity index (χ4n) is 1.66. The molecule has 1 rings (SSSR count). The van der Waals surface area contributed by atoms with Gasteiger partial charge in [0.25, 0.3) is 0 Å². The van der Waals surface area contributed by atoms with Crippen molar-refractivity contribution in [1.82, 2.24) is 5.32 Å². The first-order chi connectivity index (χ1) is 8.11. The molecular weight excluding hydrogens is 218 g/mol. The molecule has 1 aromatic rings. The Morgan fingerprint density at radius 1 is 1.35 bits per heavy atom. The maximum atomic E-state index is 10.8.